The van der Waals surface area contributed by atoms with Crippen LogP contribution in [-0.4, -0.2) is 38.3 Å². The van der Waals surface area contributed by atoms with Gasteiger partial charge in [-0.25, -0.2) is 0 Å². The van der Waals surface area contributed by atoms with E-state index in [1.165, 1.54) is 7.11 Å². The van der Waals surface area contributed by atoms with Crippen LogP contribution in [0.1, 0.15) is 12.5 Å². The van der Waals surface area contributed by atoms with Crippen LogP contribution in [0.2, 0.25) is 0 Å². The van der Waals surface area contributed by atoms with Crippen LogP contribution in [0.5, 0.6) is 5.75 Å². The van der Waals surface area contributed by atoms with Gasteiger partial charge in [-0.15, -0.1) is 0 Å². The van der Waals surface area contributed by atoms with Gasteiger partial charge in [0.1, 0.15) is 12.4 Å². The van der Waals surface area contributed by atoms with Gasteiger partial charge in [0, 0.05) is 19.2 Å². The molecule has 1 saturated heterocycles. The Balaban J connectivity index is 1.95. The molecule has 0 bridgehead atoms. The van der Waals surface area contributed by atoms with Gasteiger partial charge in [0.15, 0.2) is 0 Å². The largest absolute Gasteiger partial charge is 0.495 e. The van der Waals surface area contributed by atoms with E-state index in [1.54, 1.807) is 18.2 Å². The fraction of sp³-hybridized carbons (Fsp3) is 0.429. The van der Waals surface area contributed by atoms with E-state index in [0.717, 1.165) is 13.1 Å². The fourth-order valence-electron chi connectivity index (χ4n) is 1.87. The summed E-state index contributed by atoms with van der Waals surface area (Å²) in [6, 6.07) is 6.86. The molecule has 106 valence electrons. The highest BCUT2D eigenvalue weighted by atomic mass is 16.5. The van der Waals surface area contributed by atoms with Gasteiger partial charge in [0.05, 0.1) is 30.0 Å². The Kier molecular flexibility index (Phi) is 4.23. The lowest BCUT2D eigenvalue weighted by Crippen LogP contribution is -2.59. The summed E-state index contributed by atoms with van der Waals surface area (Å²) >= 11 is 0. The van der Waals surface area contributed by atoms with Gasteiger partial charge in [-0.1, -0.05) is 0 Å². The minimum absolute atomic E-state index is 0.0126. The molecule has 1 aliphatic rings. The number of hydrogen-bond acceptors (Lipinski definition) is 5. The van der Waals surface area contributed by atoms with Crippen molar-refractivity contribution in [2.45, 2.75) is 12.5 Å². The summed E-state index contributed by atoms with van der Waals surface area (Å²) in [6.07, 6.45) is 0. The van der Waals surface area contributed by atoms with Crippen molar-refractivity contribution in [1.29, 1.82) is 5.26 Å². The van der Waals surface area contributed by atoms with Gasteiger partial charge >= 0.3 is 0 Å². The maximum absolute atomic E-state index is 11.8. The van der Waals surface area contributed by atoms with E-state index in [9.17, 15) is 4.79 Å². The number of methoxy groups -OCH3 is 1. The Morgan fingerprint density at radius 2 is 2.30 bits per heavy atom. The van der Waals surface area contributed by atoms with E-state index < -0.39 is 0 Å². The van der Waals surface area contributed by atoms with Crippen molar-refractivity contribution in [1.82, 2.24) is 5.32 Å². The zero-order chi connectivity index (χ0) is 14.6. The van der Waals surface area contributed by atoms with E-state index in [4.69, 9.17) is 14.7 Å². The molecule has 2 rings (SSSR count). The van der Waals surface area contributed by atoms with Crippen LogP contribution in [0.3, 0.4) is 0 Å². The SMILES string of the molecule is COc1cc(C#N)ccc1NC(=O)COC1(C)CNC1. The lowest BCUT2D eigenvalue weighted by Gasteiger charge is -2.38. The van der Waals surface area contributed by atoms with Crippen LogP contribution in [0.25, 0.3) is 0 Å². The van der Waals surface area contributed by atoms with Crippen molar-refractivity contribution in [2.75, 3.05) is 32.1 Å². The van der Waals surface area contributed by atoms with Crippen LogP contribution in [0.15, 0.2) is 18.2 Å². The summed E-state index contributed by atoms with van der Waals surface area (Å²) < 4.78 is 10.7. The highest BCUT2D eigenvalue weighted by Crippen LogP contribution is 2.25. The number of nitriles is 1. The first-order chi connectivity index (χ1) is 9.56. The number of hydrogen-bond donors (Lipinski definition) is 2. The molecular weight excluding hydrogens is 258 g/mol. The number of rotatable bonds is 5. The van der Waals surface area contributed by atoms with Crippen LogP contribution < -0.4 is 15.4 Å². The number of ether oxygens (including phenoxy) is 2. The minimum atomic E-state index is -0.258. The average Bonchev–Trinajstić information content (AvgIpc) is 2.43. The maximum atomic E-state index is 11.8. The van der Waals surface area contributed by atoms with E-state index in [0.29, 0.717) is 17.0 Å². The third-order valence-corrected chi connectivity index (χ3v) is 3.15. The molecule has 0 radical (unpaired) electrons. The summed E-state index contributed by atoms with van der Waals surface area (Å²) in [5.41, 5.74) is 0.743. The van der Waals surface area contributed by atoms with Gasteiger partial charge < -0.3 is 20.1 Å². The van der Waals surface area contributed by atoms with Gasteiger partial charge in [-0.2, -0.15) is 5.26 Å². The second-order valence-electron chi connectivity index (χ2n) is 4.92. The molecule has 1 amide bonds. The zero-order valence-electron chi connectivity index (χ0n) is 11.5. The smallest absolute Gasteiger partial charge is 0.250 e. The minimum Gasteiger partial charge on any atom is -0.495 e. The van der Waals surface area contributed by atoms with E-state index >= 15 is 0 Å². The first-order valence-electron chi connectivity index (χ1n) is 6.29. The van der Waals surface area contributed by atoms with Crippen molar-refractivity contribution in [3.05, 3.63) is 23.8 Å². The van der Waals surface area contributed by atoms with E-state index in [2.05, 4.69) is 10.6 Å². The van der Waals surface area contributed by atoms with Crippen LogP contribution in [0, 0.1) is 11.3 Å². The molecular formula is C14H17N3O3. The van der Waals surface area contributed by atoms with Crippen molar-refractivity contribution in [2.24, 2.45) is 0 Å². The molecule has 0 aromatic heterocycles. The molecule has 2 N–H and O–H groups in total. The summed E-state index contributed by atoms with van der Waals surface area (Å²) in [6.45, 7) is 3.45. The van der Waals surface area contributed by atoms with E-state index in [1.807, 2.05) is 13.0 Å². The lowest BCUT2D eigenvalue weighted by atomic mass is 10.0. The molecule has 6 heteroatoms. The molecule has 0 unspecified atom stereocenters. The maximum Gasteiger partial charge on any atom is 0.250 e. The van der Waals surface area contributed by atoms with Crippen molar-refractivity contribution in [3.8, 4) is 11.8 Å². The van der Waals surface area contributed by atoms with Gasteiger partial charge in [-0.05, 0) is 19.1 Å². The lowest BCUT2D eigenvalue weighted by molar-refractivity contribution is -0.130. The molecule has 1 aromatic rings. The Hall–Kier alpha value is -2.10. The molecule has 1 heterocycles. The number of nitrogens with zero attached hydrogens (tertiary/aromatic N) is 1. The Morgan fingerprint density at radius 1 is 1.55 bits per heavy atom. The zero-order valence-corrected chi connectivity index (χ0v) is 11.5. The van der Waals surface area contributed by atoms with Crippen molar-refractivity contribution in [3.63, 3.8) is 0 Å². The predicted molar refractivity (Wildman–Crippen MR) is 73.6 cm³/mol. The predicted octanol–water partition coefficient (Wildman–Crippen LogP) is 0.884. The standard InChI is InChI=1S/C14H17N3O3/c1-14(8-16-9-14)20-7-13(18)17-11-4-3-10(6-15)5-12(11)19-2/h3-5,16H,7-9H2,1-2H3,(H,17,18). The van der Waals surface area contributed by atoms with Crippen molar-refractivity contribution >= 4 is 11.6 Å². The molecule has 0 aliphatic carbocycles. The molecule has 0 spiro atoms. The average molecular weight is 275 g/mol. The number of carbonyl (C=O) groups is 1. The third kappa shape index (κ3) is 3.26. The summed E-state index contributed by atoms with van der Waals surface area (Å²) in [7, 11) is 1.49. The van der Waals surface area contributed by atoms with Gasteiger partial charge in [0.25, 0.3) is 5.91 Å². The molecule has 1 fully saturated rings. The first kappa shape index (κ1) is 14.3. The van der Waals surface area contributed by atoms with Crippen LogP contribution in [0.4, 0.5) is 5.69 Å². The molecule has 0 atom stereocenters. The number of anilines is 1. The third-order valence-electron chi connectivity index (χ3n) is 3.15. The van der Waals surface area contributed by atoms with Crippen LogP contribution in [-0.2, 0) is 9.53 Å². The monoisotopic (exact) mass is 275 g/mol. The topological polar surface area (TPSA) is 83.4 Å². The second-order valence-corrected chi connectivity index (χ2v) is 4.92. The molecule has 20 heavy (non-hydrogen) atoms. The highest BCUT2D eigenvalue weighted by molar-refractivity contribution is 5.93. The van der Waals surface area contributed by atoms with Gasteiger partial charge in [0.2, 0.25) is 0 Å². The Bertz CT molecular complexity index is 547. The van der Waals surface area contributed by atoms with E-state index in [-0.39, 0.29) is 18.1 Å². The fourth-order valence-corrected chi connectivity index (χ4v) is 1.87. The Labute approximate surface area is 117 Å². The molecule has 1 aromatic carbocycles. The summed E-state index contributed by atoms with van der Waals surface area (Å²) in [4.78, 5) is 11.8. The summed E-state index contributed by atoms with van der Waals surface area (Å²) in [5, 5.41) is 14.6. The molecule has 6 nitrogen and oxygen atoms in total. The number of nitrogens with one attached hydrogen (secondary N) is 2. The number of carbonyl (C=O) groups excluding carboxylic acids is 1. The van der Waals surface area contributed by atoms with Gasteiger partial charge in [-0.3, -0.25) is 4.79 Å². The summed E-state index contributed by atoms with van der Waals surface area (Å²) in [5.74, 6) is 0.204. The Morgan fingerprint density at radius 3 is 2.85 bits per heavy atom. The van der Waals surface area contributed by atoms with Crippen LogP contribution >= 0.6 is 0 Å². The highest BCUT2D eigenvalue weighted by Gasteiger charge is 2.33. The quantitative estimate of drug-likeness (QED) is 0.833. The molecule has 1 aliphatic heterocycles. The van der Waals surface area contributed by atoms with Crippen molar-refractivity contribution < 1.29 is 14.3 Å². The molecule has 0 saturated carbocycles. The first-order valence-corrected chi connectivity index (χ1v) is 6.29. The number of benzene rings is 1. The number of amides is 1. The normalized spacial score (nSPS) is 15.8. The second kappa shape index (κ2) is 5.90.